The Morgan fingerprint density at radius 1 is 1.62 bits per heavy atom. The van der Waals surface area contributed by atoms with Crippen molar-refractivity contribution >= 4 is 23.3 Å². The maximum absolute atomic E-state index is 13.2. The Balaban J connectivity index is 3.22. The van der Waals surface area contributed by atoms with E-state index in [9.17, 15) is 9.18 Å². The second-order valence-corrected chi connectivity index (χ2v) is 2.63. The average molecular weight is 195 g/mol. The number of rotatable bonds is 1. The lowest BCUT2D eigenvalue weighted by Crippen LogP contribution is -1.99. The number of benzene rings is 1. The van der Waals surface area contributed by atoms with E-state index in [4.69, 9.17) is 0 Å². The third-order valence-electron chi connectivity index (χ3n) is 1.57. The largest absolute Gasteiger partial charge is 0.288 e. The van der Waals surface area contributed by atoms with Gasteiger partial charge in [-0.2, -0.15) is 4.99 Å². The lowest BCUT2D eigenvalue weighted by molar-refractivity contribution is 0.1000. The summed E-state index contributed by atoms with van der Waals surface area (Å²) in [4.78, 5) is 14.3. The van der Waals surface area contributed by atoms with Gasteiger partial charge in [0, 0.05) is 0 Å². The molecule has 2 nitrogen and oxygen atoms in total. The SMILES string of the molecule is Cc1cccc(C(=O)N=C=S)c1F. The molecule has 1 amide bonds. The van der Waals surface area contributed by atoms with Crippen LogP contribution in [-0.4, -0.2) is 11.1 Å². The van der Waals surface area contributed by atoms with E-state index in [1.54, 1.807) is 19.1 Å². The minimum Gasteiger partial charge on any atom is -0.266 e. The van der Waals surface area contributed by atoms with Crippen LogP contribution in [0.2, 0.25) is 0 Å². The molecule has 4 heteroatoms. The van der Waals surface area contributed by atoms with Gasteiger partial charge in [0.15, 0.2) is 0 Å². The van der Waals surface area contributed by atoms with Crippen LogP contribution in [0.1, 0.15) is 15.9 Å². The lowest BCUT2D eigenvalue weighted by Gasteiger charge is -1.99. The van der Waals surface area contributed by atoms with E-state index in [0.717, 1.165) is 0 Å². The topological polar surface area (TPSA) is 29.4 Å². The summed E-state index contributed by atoms with van der Waals surface area (Å²) in [5.41, 5.74) is 0.336. The quantitative estimate of drug-likeness (QED) is 0.508. The number of isothiocyanates is 1. The van der Waals surface area contributed by atoms with Crippen LogP contribution in [0.5, 0.6) is 0 Å². The summed E-state index contributed by atoms with van der Waals surface area (Å²) >= 11 is 4.24. The third kappa shape index (κ3) is 2.05. The van der Waals surface area contributed by atoms with Crippen molar-refractivity contribution in [3.63, 3.8) is 0 Å². The van der Waals surface area contributed by atoms with Gasteiger partial charge in [0.2, 0.25) is 0 Å². The molecule has 0 N–H and O–H groups in total. The normalized spacial score (nSPS) is 9.08. The van der Waals surface area contributed by atoms with Crippen LogP contribution in [0, 0.1) is 12.7 Å². The molecule has 0 saturated heterocycles. The summed E-state index contributed by atoms with van der Waals surface area (Å²) in [6, 6.07) is 4.53. The van der Waals surface area contributed by atoms with Gasteiger partial charge in [0.05, 0.1) is 10.7 Å². The minimum absolute atomic E-state index is 0.0719. The van der Waals surface area contributed by atoms with Crippen molar-refractivity contribution in [1.29, 1.82) is 0 Å². The van der Waals surface area contributed by atoms with Gasteiger partial charge in [-0.15, -0.1) is 0 Å². The van der Waals surface area contributed by atoms with E-state index < -0.39 is 11.7 Å². The average Bonchev–Trinajstić information content (AvgIpc) is 2.10. The van der Waals surface area contributed by atoms with Gasteiger partial charge in [0.1, 0.15) is 5.82 Å². The van der Waals surface area contributed by atoms with Crippen LogP contribution in [0.25, 0.3) is 0 Å². The molecule has 0 aromatic heterocycles. The number of carbonyl (C=O) groups is 1. The molecule has 0 aliphatic carbocycles. The molecular weight excluding hydrogens is 189 g/mol. The maximum Gasteiger partial charge on any atom is 0.288 e. The first-order chi connectivity index (χ1) is 6.16. The van der Waals surface area contributed by atoms with E-state index in [2.05, 4.69) is 17.2 Å². The first-order valence-electron chi connectivity index (χ1n) is 3.54. The molecule has 0 heterocycles. The van der Waals surface area contributed by atoms with Crippen LogP contribution in [0.4, 0.5) is 4.39 Å². The predicted octanol–water partition coefficient (Wildman–Crippen LogP) is 2.38. The van der Waals surface area contributed by atoms with Gasteiger partial charge in [-0.1, -0.05) is 12.1 Å². The van der Waals surface area contributed by atoms with Crippen molar-refractivity contribution < 1.29 is 9.18 Å². The number of thiocarbonyl (C=S) groups is 1. The highest BCUT2D eigenvalue weighted by Gasteiger charge is 2.11. The predicted molar refractivity (Wildman–Crippen MR) is 50.5 cm³/mol. The van der Waals surface area contributed by atoms with Gasteiger partial charge in [-0.3, -0.25) is 4.79 Å². The Bertz CT molecular complexity index is 397. The monoisotopic (exact) mass is 195 g/mol. The van der Waals surface area contributed by atoms with Crippen LogP contribution in [0.15, 0.2) is 23.2 Å². The molecule has 66 valence electrons. The summed E-state index contributed by atoms with van der Waals surface area (Å²) < 4.78 is 13.2. The van der Waals surface area contributed by atoms with E-state index in [1.165, 1.54) is 6.07 Å². The second-order valence-electron chi connectivity index (χ2n) is 2.44. The molecule has 0 saturated carbocycles. The molecule has 1 rings (SSSR count). The van der Waals surface area contributed by atoms with Gasteiger partial charge in [0.25, 0.3) is 5.91 Å². The zero-order valence-corrected chi connectivity index (χ0v) is 7.69. The molecule has 0 aliphatic heterocycles. The highest BCUT2D eigenvalue weighted by Crippen LogP contribution is 2.12. The lowest BCUT2D eigenvalue weighted by atomic mass is 10.1. The van der Waals surface area contributed by atoms with E-state index in [1.807, 2.05) is 5.16 Å². The highest BCUT2D eigenvalue weighted by molar-refractivity contribution is 7.78. The van der Waals surface area contributed by atoms with E-state index in [-0.39, 0.29) is 5.56 Å². The van der Waals surface area contributed by atoms with Crippen LogP contribution < -0.4 is 0 Å². The van der Waals surface area contributed by atoms with Gasteiger partial charge < -0.3 is 0 Å². The summed E-state index contributed by atoms with van der Waals surface area (Å²) in [7, 11) is 0. The zero-order valence-electron chi connectivity index (χ0n) is 6.87. The van der Waals surface area contributed by atoms with Crippen molar-refractivity contribution in [2.75, 3.05) is 0 Å². The third-order valence-corrected chi connectivity index (χ3v) is 1.66. The second kappa shape index (κ2) is 4.03. The number of halogens is 1. The molecule has 0 unspecified atom stereocenters. The smallest absolute Gasteiger partial charge is 0.266 e. The maximum atomic E-state index is 13.2. The summed E-state index contributed by atoms with van der Waals surface area (Å²) in [6.45, 7) is 1.58. The first-order valence-corrected chi connectivity index (χ1v) is 3.95. The van der Waals surface area contributed by atoms with Crippen molar-refractivity contribution in [2.45, 2.75) is 6.92 Å². The van der Waals surface area contributed by atoms with Crippen molar-refractivity contribution in [1.82, 2.24) is 0 Å². The molecule has 0 radical (unpaired) electrons. The van der Waals surface area contributed by atoms with Gasteiger partial charge in [-0.25, -0.2) is 4.39 Å². The Hall–Kier alpha value is -1.38. The van der Waals surface area contributed by atoms with Crippen molar-refractivity contribution in [2.24, 2.45) is 4.99 Å². The standard InChI is InChI=1S/C9H6FNOS/c1-6-3-2-4-7(8(6)10)9(12)11-5-13/h2-4H,1H3. The number of carbonyl (C=O) groups excluding carboxylic acids is 1. The van der Waals surface area contributed by atoms with E-state index in [0.29, 0.717) is 5.56 Å². The van der Waals surface area contributed by atoms with Crippen LogP contribution in [-0.2, 0) is 0 Å². The molecule has 13 heavy (non-hydrogen) atoms. The van der Waals surface area contributed by atoms with Crippen LogP contribution >= 0.6 is 12.2 Å². The van der Waals surface area contributed by atoms with Gasteiger partial charge >= 0.3 is 0 Å². The number of aryl methyl sites for hydroxylation is 1. The molecule has 0 fully saturated rings. The fourth-order valence-electron chi connectivity index (χ4n) is 0.914. The number of nitrogens with zero attached hydrogens (tertiary/aromatic N) is 1. The van der Waals surface area contributed by atoms with Crippen LogP contribution in [0.3, 0.4) is 0 Å². The molecule has 0 bridgehead atoms. The van der Waals surface area contributed by atoms with Gasteiger partial charge in [-0.05, 0) is 30.8 Å². The summed E-state index contributed by atoms with van der Waals surface area (Å²) in [5, 5.41) is 1.90. The zero-order chi connectivity index (χ0) is 9.84. The number of hydrogen-bond acceptors (Lipinski definition) is 2. The summed E-state index contributed by atoms with van der Waals surface area (Å²) in [5.74, 6) is -1.25. The first kappa shape index (κ1) is 9.71. The van der Waals surface area contributed by atoms with E-state index >= 15 is 0 Å². The van der Waals surface area contributed by atoms with Crippen molar-refractivity contribution in [3.05, 3.63) is 35.1 Å². The fourth-order valence-corrected chi connectivity index (χ4v) is 0.997. The Morgan fingerprint density at radius 3 is 2.92 bits per heavy atom. The number of aliphatic imine (C=N–C) groups is 1. The summed E-state index contributed by atoms with van der Waals surface area (Å²) in [6.07, 6.45) is 0. The Labute approximate surface area is 80.1 Å². The Morgan fingerprint density at radius 2 is 2.31 bits per heavy atom. The minimum atomic E-state index is -0.698. The molecule has 0 spiro atoms. The number of hydrogen-bond donors (Lipinski definition) is 0. The van der Waals surface area contributed by atoms with Crippen molar-refractivity contribution in [3.8, 4) is 0 Å². The molecule has 1 aromatic carbocycles. The molecular formula is C9H6FNOS. The highest BCUT2D eigenvalue weighted by atomic mass is 32.1. The Kier molecular flexibility index (Phi) is 3.01. The molecule has 0 atom stereocenters. The number of amides is 1. The fraction of sp³-hybridized carbons (Fsp3) is 0.111. The molecule has 1 aromatic rings. The molecule has 0 aliphatic rings.